The second kappa shape index (κ2) is 5.47. The monoisotopic (exact) mass is 301 g/mol. The van der Waals surface area contributed by atoms with Crippen molar-refractivity contribution in [3.8, 4) is 0 Å². The Balaban J connectivity index is 3.23. The Kier molecular flexibility index (Phi) is 4.52. The molecule has 1 aromatic carbocycles. The molecule has 0 atom stereocenters. The third-order valence-corrected chi connectivity index (χ3v) is 4.35. The number of nitrogens with zero attached hydrogens (tertiary/aromatic N) is 1. The lowest BCUT2D eigenvalue weighted by Crippen LogP contribution is -2.45. The van der Waals surface area contributed by atoms with Gasteiger partial charge in [-0.15, -0.1) is 0 Å². The zero-order chi connectivity index (χ0) is 15.7. The molecule has 0 saturated carbocycles. The van der Waals surface area contributed by atoms with Gasteiger partial charge in [0.05, 0.1) is 9.82 Å². The Hall–Kier alpha value is -1.51. The topological polar surface area (TPSA) is 115 Å². The molecule has 0 aromatic heterocycles. The Morgan fingerprint density at radius 2 is 1.75 bits per heavy atom. The minimum absolute atomic E-state index is 0.0624. The first-order valence-corrected chi connectivity index (χ1v) is 7.46. The number of nitrogens with two attached hydrogens (primary N) is 1. The molecular weight excluding hydrogens is 282 g/mol. The first-order valence-electron chi connectivity index (χ1n) is 5.98. The van der Waals surface area contributed by atoms with Crippen LogP contribution in [0.2, 0.25) is 0 Å². The third-order valence-electron chi connectivity index (χ3n) is 2.64. The largest absolute Gasteiger partial charge is 0.324 e. The van der Waals surface area contributed by atoms with Gasteiger partial charge in [0.2, 0.25) is 10.0 Å². The van der Waals surface area contributed by atoms with E-state index in [1.165, 1.54) is 26.0 Å². The lowest BCUT2D eigenvalue weighted by atomic mass is 10.1. The molecule has 0 aliphatic rings. The summed E-state index contributed by atoms with van der Waals surface area (Å²) in [6.45, 7) is 6.53. The molecule has 1 rings (SSSR count). The van der Waals surface area contributed by atoms with E-state index in [2.05, 4.69) is 4.72 Å². The molecule has 0 bridgehead atoms. The van der Waals surface area contributed by atoms with Gasteiger partial charge in [0.25, 0.3) is 5.69 Å². The number of sulfonamides is 1. The quantitative estimate of drug-likeness (QED) is 0.627. The van der Waals surface area contributed by atoms with E-state index >= 15 is 0 Å². The zero-order valence-electron chi connectivity index (χ0n) is 11.9. The van der Waals surface area contributed by atoms with Crippen LogP contribution in [0.3, 0.4) is 0 Å². The normalized spacial score (nSPS) is 12.4. The molecule has 0 spiro atoms. The van der Waals surface area contributed by atoms with E-state index in [-0.39, 0.29) is 17.1 Å². The van der Waals surface area contributed by atoms with Crippen LogP contribution in [0.4, 0.5) is 5.69 Å². The van der Waals surface area contributed by atoms with E-state index in [0.29, 0.717) is 11.1 Å². The summed E-state index contributed by atoms with van der Waals surface area (Å²) in [7, 11) is -3.75. The van der Waals surface area contributed by atoms with E-state index < -0.39 is 20.5 Å². The summed E-state index contributed by atoms with van der Waals surface area (Å²) in [6, 6.07) is 2.49. The van der Waals surface area contributed by atoms with Crippen molar-refractivity contribution in [2.45, 2.75) is 38.1 Å². The fraction of sp³-hybridized carbons (Fsp3) is 0.500. The highest BCUT2D eigenvalue weighted by molar-refractivity contribution is 7.89. The predicted octanol–water partition coefficient (Wildman–Crippen LogP) is 1.23. The Labute approximate surface area is 118 Å². The molecule has 0 radical (unpaired) electrons. The van der Waals surface area contributed by atoms with E-state index in [4.69, 9.17) is 5.73 Å². The third kappa shape index (κ3) is 3.99. The molecule has 0 amide bonds. The molecular formula is C12H19N3O4S. The van der Waals surface area contributed by atoms with E-state index in [0.717, 1.165) is 0 Å². The average molecular weight is 301 g/mol. The van der Waals surface area contributed by atoms with Gasteiger partial charge in [0.1, 0.15) is 0 Å². The van der Waals surface area contributed by atoms with Crippen LogP contribution in [0, 0.1) is 24.0 Å². The summed E-state index contributed by atoms with van der Waals surface area (Å²) in [5, 5.41) is 10.7. The molecule has 0 aliphatic heterocycles. The molecule has 0 unspecified atom stereocenters. The standard InChI is InChI=1S/C12H19N3O4S/c1-8-5-10(15(16)17)6-9(2)11(8)20(18,19)14-7-12(3,4)13/h5-6,14H,7,13H2,1-4H3. The van der Waals surface area contributed by atoms with Gasteiger partial charge in [0.15, 0.2) is 0 Å². The number of nitro groups is 1. The summed E-state index contributed by atoms with van der Waals surface area (Å²) in [5.41, 5.74) is 5.60. The van der Waals surface area contributed by atoms with Crippen molar-refractivity contribution < 1.29 is 13.3 Å². The SMILES string of the molecule is Cc1cc([N+](=O)[O-])cc(C)c1S(=O)(=O)NCC(C)(C)N. The van der Waals surface area contributed by atoms with E-state index in [1.807, 2.05) is 0 Å². The maximum absolute atomic E-state index is 12.3. The molecule has 7 nitrogen and oxygen atoms in total. The van der Waals surface area contributed by atoms with Crippen LogP contribution in [0.5, 0.6) is 0 Å². The Bertz CT molecular complexity index is 610. The van der Waals surface area contributed by atoms with Crippen molar-refractivity contribution in [3.05, 3.63) is 33.4 Å². The van der Waals surface area contributed by atoms with Gasteiger partial charge < -0.3 is 5.73 Å². The number of benzene rings is 1. The van der Waals surface area contributed by atoms with E-state index in [9.17, 15) is 18.5 Å². The predicted molar refractivity (Wildman–Crippen MR) is 76.0 cm³/mol. The Morgan fingerprint density at radius 3 is 2.10 bits per heavy atom. The maximum atomic E-state index is 12.3. The fourth-order valence-electron chi connectivity index (χ4n) is 1.81. The number of hydrogen-bond acceptors (Lipinski definition) is 5. The zero-order valence-corrected chi connectivity index (χ0v) is 12.7. The van der Waals surface area contributed by atoms with Gasteiger partial charge in [-0.05, 0) is 38.8 Å². The summed E-state index contributed by atoms with van der Waals surface area (Å²) in [6.07, 6.45) is 0. The highest BCUT2D eigenvalue weighted by Crippen LogP contribution is 2.25. The highest BCUT2D eigenvalue weighted by atomic mass is 32.2. The van der Waals surface area contributed by atoms with Gasteiger partial charge in [-0.2, -0.15) is 0 Å². The fourth-order valence-corrected chi connectivity index (χ4v) is 3.48. The minimum atomic E-state index is -3.75. The number of aryl methyl sites for hydroxylation is 2. The van der Waals surface area contributed by atoms with Crippen LogP contribution in [0.15, 0.2) is 17.0 Å². The molecule has 0 heterocycles. The van der Waals surface area contributed by atoms with Crippen LogP contribution < -0.4 is 10.5 Å². The molecule has 112 valence electrons. The van der Waals surface area contributed by atoms with Gasteiger partial charge in [0, 0.05) is 24.2 Å². The van der Waals surface area contributed by atoms with Crippen molar-refractivity contribution >= 4 is 15.7 Å². The molecule has 3 N–H and O–H groups in total. The van der Waals surface area contributed by atoms with Crippen molar-refractivity contribution in [3.63, 3.8) is 0 Å². The van der Waals surface area contributed by atoms with Crippen molar-refractivity contribution in [2.75, 3.05) is 6.54 Å². The van der Waals surface area contributed by atoms with Crippen LogP contribution in [0.1, 0.15) is 25.0 Å². The summed E-state index contributed by atoms with van der Waals surface area (Å²) in [4.78, 5) is 10.3. The minimum Gasteiger partial charge on any atom is -0.324 e. The molecule has 8 heteroatoms. The first-order chi connectivity index (χ1) is 8.94. The second-order valence-electron chi connectivity index (χ2n) is 5.48. The first kappa shape index (κ1) is 16.5. The average Bonchev–Trinajstić information content (AvgIpc) is 2.24. The molecule has 0 saturated heterocycles. The maximum Gasteiger partial charge on any atom is 0.270 e. The van der Waals surface area contributed by atoms with Crippen molar-refractivity contribution in [1.82, 2.24) is 4.72 Å². The van der Waals surface area contributed by atoms with Crippen molar-refractivity contribution in [2.24, 2.45) is 5.73 Å². The van der Waals surface area contributed by atoms with Gasteiger partial charge >= 0.3 is 0 Å². The number of hydrogen-bond donors (Lipinski definition) is 2. The molecule has 1 aromatic rings. The molecule has 0 fully saturated rings. The summed E-state index contributed by atoms with van der Waals surface area (Å²) in [5.74, 6) is 0. The number of nitrogens with one attached hydrogen (secondary N) is 1. The van der Waals surface area contributed by atoms with Crippen LogP contribution >= 0.6 is 0 Å². The van der Waals surface area contributed by atoms with Crippen LogP contribution in [0.25, 0.3) is 0 Å². The van der Waals surface area contributed by atoms with E-state index in [1.54, 1.807) is 13.8 Å². The molecule has 0 aliphatic carbocycles. The number of nitro benzene ring substituents is 1. The lowest BCUT2D eigenvalue weighted by molar-refractivity contribution is -0.385. The smallest absolute Gasteiger partial charge is 0.270 e. The van der Waals surface area contributed by atoms with Gasteiger partial charge in [-0.1, -0.05) is 0 Å². The molecule has 20 heavy (non-hydrogen) atoms. The number of non-ortho nitro benzene ring substituents is 1. The highest BCUT2D eigenvalue weighted by Gasteiger charge is 2.24. The van der Waals surface area contributed by atoms with Gasteiger partial charge in [-0.3, -0.25) is 10.1 Å². The summed E-state index contributed by atoms with van der Waals surface area (Å²) < 4.78 is 27.0. The second-order valence-corrected chi connectivity index (χ2v) is 7.18. The van der Waals surface area contributed by atoms with Gasteiger partial charge in [-0.25, -0.2) is 13.1 Å². The lowest BCUT2D eigenvalue weighted by Gasteiger charge is -2.20. The summed E-state index contributed by atoms with van der Waals surface area (Å²) >= 11 is 0. The Morgan fingerprint density at radius 1 is 1.30 bits per heavy atom. The number of rotatable bonds is 5. The van der Waals surface area contributed by atoms with Crippen LogP contribution in [-0.2, 0) is 10.0 Å². The van der Waals surface area contributed by atoms with Crippen molar-refractivity contribution in [1.29, 1.82) is 0 Å². The van der Waals surface area contributed by atoms with Crippen LogP contribution in [-0.4, -0.2) is 25.4 Å².